The summed E-state index contributed by atoms with van der Waals surface area (Å²) in [6, 6.07) is 4.49. The van der Waals surface area contributed by atoms with Crippen LogP contribution in [0.15, 0.2) is 23.2 Å². The number of nitrogens with zero attached hydrogens (tertiary/aromatic N) is 5. The molecular formula is C20H20F3N5O2S. The van der Waals surface area contributed by atoms with Crippen molar-refractivity contribution in [1.82, 2.24) is 19.5 Å². The summed E-state index contributed by atoms with van der Waals surface area (Å²) < 4.78 is 59.2. The Hall–Kier alpha value is -3.00. The molecule has 3 heterocycles. The van der Waals surface area contributed by atoms with Crippen molar-refractivity contribution >= 4 is 22.0 Å². The second-order valence-corrected chi connectivity index (χ2v) is 9.04. The Balaban J connectivity index is 2.23. The number of aryl methyl sites for hydroxylation is 2. The zero-order valence-corrected chi connectivity index (χ0v) is 18.4. The topological polar surface area (TPSA) is 93.7 Å². The molecule has 0 saturated heterocycles. The van der Waals surface area contributed by atoms with E-state index in [0.29, 0.717) is 16.3 Å². The Morgan fingerprint density at radius 3 is 2.52 bits per heavy atom. The molecule has 0 aliphatic carbocycles. The SMILES string of the molecule is CC[S@](=O)c1cc(OC(C)(C)C#N)c(C)nc1-c1nc2cc(C(F)(F)F)cnc2n1C. The van der Waals surface area contributed by atoms with Gasteiger partial charge in [0.05, 0.1) is 27.0 Å². The fourth-order valence-electron chi connectivity index (χ4n) is 2.90. The van der Waals surface area contributed by atoms with Crippen LogP contribution < -0.4 is 4.74 Å². The maximum atomic E-state index is 13.1. The van der Waals surface area contributed by atoms with E-state index in [-0.39, 0.29) is 28.4 Å². The molecule has 164 valence electrons. The highest BCUT2D eigenvalue weighted by Gasteiger charge is 2.32. The van der Waals surface area contributed by atoms with Crippen molar-refractivity contribution in [2.75, 3.05) is 5.75 Å². The van der Waals surface area contributed by atoms with Crippen LogP contribution in [0, 0.1) is 18.3 Å². The Labute approximate surface area is 179 Å². The Morgan fingerprint density at radius 1 is 1.26 bits per heavy atom. The molecule has 3 rings (SSSR count). The van der Waals surface area contributed by atoms with E-state index in [1.807, 2.05) is 6.07 Å². The van der Waals surface area contributed by atoms with Crippen LogP contribution in [-0.2, 0) is 24.0 Å². The molecule has 0 bridgehead atoms. The lowest BCUT2D eigenvalue weighted by Gasteiger charge is -2.21. The zero-order valence-electron chi connectivity index (χ0n) is 17.5. The summed E-state index contributed by atoms with van der Waals surface area (Å²) in [6.07, 6.45) is -3.80. The van der Waals surface area contributed by atoms with E-state index in [1.54, 1.807) is 40.8 Å². The van der Waals surface area contributed by atoms with Crippen LogP contribution in [0.25, 0.3) is 22.7 Å². The summed E-state index contributed by atoms with van der Waals surface area (Å²) in [5.41, 5.74) is -1.07. The fourth-order valence-corrected chi connectivity index (χ4v) is 3.80. The quantitative estimate of drug-likeness (QED) is 0.578. The van der Waals surface area contributed by atoms with E-state index in [0.717, 1.165) is 12.3 Å². The highest BCUT2D eigenvalue weighted by atomic mass is 32.2. The highest BCUT2D eigenvalue weighted by Crippen LogP contribution is 2.34. The zero-order chi connectivity index (χ0) is 23.1. The second-order valence-electron chi connectivity index (χ2n) is 7.34. The van der Waals surface area contributed by atoms with Gasteiger partial charge in [0.1, 0.15) is 23.0 Å². The molecule has 7 nitrogen and oxygen atoms in total. The first-order chi connectivity index (χ1) is 14.4. The molecule has 0 fully saturated rings. The van der Waals surface area contributed by atoms with Crippen molar-refractivity contribution in [3.05, 3.63) is 29.6 Å². The van der Waals surface area contributed by atoms with Gasteiger partial charge in [-0.15, -0.1) is 0 Å². The molecule has 0 unspecified atom stereocenters. The third-order valence-corrected chi connectivity index (χ3v) is 5.85. The van der Waals surface area contributed by atoms with Crippen molar-refractivity contribution in [3.63, 3.8) is 0 Å². The minimum atomic E-state index is -4.55. The molecule has 0 aliphatic rings. The van der Waals surface area contributed by atoms with Crippen LogP contribution in [-0.4, -0.2) is 35.1 Å². The van der Waals surface area contributed by atoms with Crippen LogP contribution in [0.5, 0.6) is 5.75 Å². The number of fused-ring (bicyclic) bond motifs is 1. The number of pyridine rings is 2. The van der Waals surface area contributed by atoms with Gasteiger partial charge in [0.2, 0.25) is 0 Å². The van der Waals surface area contributed by atoms with Crippen LogP contribution in [0.1, 0.15) is 32.0 Å². The standard InChI is InChI=1S/C20H20F3N5O2S/c1-6-31(29)15-8-14(30-19(3,4)10-24)11(2)26-16(15)18-27-13-7-12(20(21,22)23)9-25-17(13)28(18)5/h7-9H,6H2,1-5H3/t31-/m0/s1. The average Bonchev–Trinajstić information content (AvgIpc) is 3.03. The van der Waals surface area contributed by atoms with E-state index < -0.39 is 28.1 Å². The molecule has 0 radical (unpaired) electrons. The molecule has 0 aliphatic heterocycles. The number of rotatable bonds is 5. The van der Waals surface area contributed by atoms with Crippen molar-refractivity contribution in [3.8, 4) is 23.3 Å². The third-order valence-electron chi connectivity index (χ3n) is 4.52. The molecule has 3 aromatic rings. The molecule has 0 amide bonds. The Bertz CT molecular complexity index is 1230. The Morgan fingerprint density at radius 2 is 1.94 bits per heavy atom. The van der Waals surface area contributed by atoms with Crippen molar-refractivity contribution in [1.29, 1.82) is 5.26 Å². The summed E-state index contributed by atoms with van der Waals surface area (Å²) in [5, 5.41) is 9.24. The lowest BCUT2D eigenvalue weighted by Crippen LogP contribution is -2.26. The molecule has 0 spiro atoms. The normalized spacial score (nSPS) is 13.3. The van der Waals surface area contributed by atoms with Gasteiger partial charge in [0.15, 0.2) is 17.1 Å². The second kappa shape index (κ2) is 7.92. The van der Waals surface area contributed by atoms with Gasteiger partial charge < -0.3 is 9.30 Å². The van der Waals surface area contributed by atoms with Gasteiger partial charge in [-0.25, -0.2) is 15.0 Å². The molecule has 1 atom stereocenters. The van der Waals surface area contributed by atoms with Gasteiger partial charge in [-0.3, -0.25) is 4.21 Å². The van der Waals surface area contributed by atoms with Crippen LogP contribution >= 0.6 is 0 Å². The van der Waals surface area contributed by atoms with Gasteiger partial charge in [-0.05, 0) is 26.8 Å². The van der Waals surface area contributed by atoms with E-state index in [9.17, 15) is 22.6 Å². The predicted molar refractivity (Wildman–Crippen MR) is 109 cm³/mol. The number of halogens is 3. The van der Waals surface area contributed by atoms with Gasteiger partial charge in [0.25, 0.3) is 0 Å². The average molecular weight is 451 g/mol. The van der Waals surface area contributed by atoms with Crippen molar-refractivity contribution < 1.29 is 22.1 Å². The summed E-state index contributed by atoms with van der Waals surface area (Å²) in [5.74, 6) is 0.801. The molecule has 0 N–H and O–H groups in total. The number of imidazole rings is 1. The van der Waals surface area contributed by atoms with Crippen LogP contribution in [0.3, 0.4) is 0 Å². The largest absolute Gasteiger partial charge is 0.471 e. The van der Waals surface area contributed by atoms with E-state index >= 15 is 0 Å². The lowest BCUT2D eigenvalue weighted by molar-refractivity contribution is -0.137. The van der Waals surface area contributed by atoms with E-state index in [1.165, 1.54) is 4.57 Å². The highest BCUT2D eigenvalue weighted by molar-refractivity contribution is 7.85. The molecular weight excluding hydrogens is 431 g/mol. The molecule has 11 heteroatoms. The minimum Gasteiger partial charge on any atom is -0.471 e. The maximum absolute atomic E-state index is 13.1. The van der Waals surface area contributed by atoms with Gasteiger partial charge in [0, 0.05) is 25.1 Å². The monoisotopic (exact) mass is 451 g/mol. The summed E-state index contributed by atoms with van der Waals surface area (Å²) >= 11 is 0. The maximum Gasteiger partial charge on any atom is 0.417 e. The number of nitriles is 1. The van der Waals surface area contributed by atoms with Gasteiger partial charge >= 0.3 is 6.18 Å². The van der Waals surface area contributed by atoms with Gasteiger partial charge in [-0.1, -0.05) is 6.92 Å². The van der Waals surface area contributed by atoms with E-state index in [2.05, 4.69) is 15.0 Å². The first-order valence-corrected chi connectivity index (χ1v) is 10.6. The summed E-state index contributed by atoms with van der Waals surface area (Å²) in [7, 11) is 0.122. The van der Waals surface area contributed by atoms with Crippen LogP contribution in [0.2, 0.25) is 0 Å². The molecule has 0 aromatic carbocycles. The number of aromatic nitrogens is 4. The van der Waals surface area contributed by atoms with Crippen molar-refractivity contribution in [2.45, 2.75) is 44.4 Å². The first kappa shape index (κ1) is 22.7. The minimum absolute atomic E-state index is 0.0472. The van der Waals surface area contributed by atoms with Crippen molar-refractivity contribution in [2.24, 2.45) is 7.05 Å². The fraction of sp³-hybridized carbons (Fsp3) is 0.400. The molecule has 0 saturated carbocycles. The molecule has 3 aromatic heterocycles. The smallest absolute Gasteiger partial charge is 0.417 e. The number of alkyl halides is 3. The first-order valence-electron chi connectivity index (χ1n) is 9.28. The van der Waals surface area contributed by atoms with Gasteiger partial charge in [-0.2, -0.15) is 18.4 Å². The predicted octanol–water partition coefficient (Wildman–Crippen LogP) is 4.17. The number of hydrogen-bond acceptors (Lipinski definition) is 6. The number of ether oxygens (including phenoxy) is 1. The Kier molecular flexibility index (Phi) is 5.80. The number of hydrogen-bond donors (Lipinski definition) is 0. The lowest BCUT2D eigenvalue weighted by atomic mass is 10.1. The third kappa shape index (κ3) is 4.39. The van der Waals surface area contributed by atoms with E-state index in [4.69, 9.17) is 4.74 Å². The summed E-state index contributed by atoms with van der Waals surface area (Å²) in [6.45, 7) is 6.57. The molecule has 31 heavy (non-hydrogen) atoms. The van der Waals surface area contributed by atoms with Crippen LogP contribution in [0.4, 0.5) is 13.2 Å². The summed E-state index contributed by atoms with van der Waals surface area (Å²) in [4.78, 5) is 13.0.